The van der Waals surface area contributed by atoms with Crippen molar-refractivity contribution in [1.82, 2.24) is 0 Å². The van der Waals surface area contributed by atoms with E-state index in [-0.39, 0.29) is 11.5 Å². The third-order valence-electron chi connectivity index (χ3n) is 2.36. The van der Waals surface area contributed by atoms with E-state index in [0.29, 0.717) is 0 Å². The van der Waals surface area contributed by atoms with Gasteiger partial charge in [0, 0.05) is 16.7 Å². The van der Waals surface area contributed by atoms with Gasteiger partial charge in [-0.1, -0.05) is 26.0 Å². The first kappa shape index (κ1) is 10.5. The van der Waals surface area contributed by atoms with Crippen LogP contribution in [-0.4, -0.2) is 11.2 Å². The second kappa shape index (κ2) is 4.07. The highest BCUT2D eigenvalue weighted by molar-refractivity contribution is 7.09. The topological polar surface area (TPSA) is 20.2 Å². The summed E-state index contributed by atoms with van der Waals surface area (Å²) in [6.07, 6.45) is 2.19. The molecule has 0 aliphatic carbocycles. The maximum Gasteiger partial charge on any atom is 0.0673 e. The smallest absolute Gasteiger partial charge is 0.0673 e. The molecule has 0 aromatic carbocycles. The summed E-state index contributed by atoms with van der Waals surface area (Å²) in [5, 5.41) is 11.9. The van der Waals surface area contributed by atoms with Gasteiger partial charge in [-0.15, -0.1) is 17.9 Å². The van der Waals surface area contributed by atoms with Crippen molar-refractivity contribution in [2.75, 3.05) is 0 Å². The second-order valence-electron chi connectivity index (χ2n) is 3.82. The van der Waals surface area contributed by atoms with E-state index in [1.807, 2.05) is 37.4 Å². The van der Waals surface area contributed by atoms with Gasteiger partial charge in [0.25, 0.3) is 0 Å². The molecule has 0 saturated carbocycles. The highest BCUT2D eigenvalue weighted by atomic mass is 32.1. The van der Waals surface area contributed by atoms with Gasteiger partial charge in [0.2, 0.25) is 0 Å². The van der Waals surface area contributed by atoms with Gasteiger partial charge >= 0.3 is 0 Å². The van der Waals surface area contributed by atoms with Crippen LogP contribution in [0.1, 0.15) is 18.7 Å². The summed E-state index contributed by atoms with van der Waals surface area (Å²) in [6, 6.07) is 4.06. The summed E-state index contributed by atoms with van der Waals surface area (Å²) < 4.78 is 0. The molecule has 0 amide bonds. The fourth-order valence-corrected chi connectivity index (χ4v) is 1.76. The van der Waals surface area contributed by atoms with Crippen LogP contribution in [0.25, 0.3) is 0 Å². The van der Waals surface area contributed by atoms with E-state index in [1.165, 1.54) is 4.88 Å². The molecule has 0 saturated heterocycles. The SMILES string of the molecule is C=CC(C)(C)C(O)Cc1cccs1. The first-order valence-electron chi connectivity index (χ1n) is 4.40. The van der Waals surface area contributed by atoms with E-state index in [0.717, 1.165) is 6.42 Å². The van der Waals surface area contributed by atoms with Gasteiger partial charge in [0.1, 0.15) is 0 Å². The van der Waals surface area contributed by atoms with Crippen molar-refractivity contribution in [3.05, 3.63) is 35.0 Å². The fraction of sp³-hybridized carbons (Fsp3) is 0.455. The third kappa shape index (κ3) is 2.68. The molecule has 1 heterocycles. The largest absolute Gasteiger partial charge is 0.392 e. The molecule has 1 unspecified atom stereocenters. The quantitative estimate of drug-likeness (QED) is 0.734. The summed E-state index contributed by atoms with van der Waals surface area (Å²) in [6.45, 7) is 7.72. The minimum Gasteiger partial charge on any atom is -0.392 e. The van der Waals surface area contributed by atoms with Crippen molar-refractivity contribution < 1.29 is 5.11 Å². The lowest BCUT2D eigenvalue weighted by Crippen LogP contribution is -2.28. The molecule has 1 atom stereocenters. The van der Waals surface area contributed by atoms with E-state index in [2.05, 4.69) is 6.58 Å². The van der Waals surface area contributed by atoms with E-state index in [4.69, 9.17) is 0 Å². The Kier molecular flexibility index (Phi) is 3.28. The van der Waals surface area contributed by atoms with Crippen LogP contribution >= 0.6 is 11.3 Å². The summed E-state index contributed by atoms with van der Waals surface area (Å²) in [7, 11) is 0. The summed E-state index contributed by atoms with van der Waals surface area (Å²) >= 11 is 1.68. The number of aliphatic hydroxyl groups excluding tert-OH is 1. The number of hydrogen-bond acceptors (Lipinski definition) is 2. The Bertz CT molecular complexity index is 262. The fourth-order valence-electron chi connectivity index (χ4n) is 1.02. The summed E-state index contributed by atoms with van der Waals surface area (Å²) in [5.41, 5.74) is -0.204. The number of aliphatic hydroxyl groups is 1. The lowest BCUT2D eigenvalue weighted by atomic mass is 9.85. The van der Waals surface area contributed by atoms with Crippen LogP contribution in [0.15, 0.2) is 30.2 Å². The Hall–Kier alpha value is -0.600. The summed E-state index contributed by atoms with van der Waals surface area (Å²) in [4.78, 5) is 1.22. The number of thiophene rings is 1. The standard InChI is InChI=1S/C11H16OS/c1-4-11(2,3)10(12)8-9-6-5-7-13-9/h4-7,10,12H,1,8H2,2-3H3. The van der Waals surface area contributed by atoms with Crippen molar-refractivity contribution in [1.29, 1.82) is 0 Å². The van der Waals surface area contributed by atoms with Crippen molar-refractivity contribution in [3.63, 3.8) is 0 Å². The molecule has 0 radical (unpaired) electrons. The Morgan fingerprint density at radius 3 is 2.85 bits per heavy atom. The van der Waals surface area contributed by atoms with E-state index >= 15 is 0 Å². The van der Waals surface area contributed by atoms with Gasteiger partial charge < -0.3 is 5.11 Å². The van der Waals surface area contributed by atoms with E-state index in [1.54, 1.807) is 11.3 Å². The molecule has 1 nitrogen and oxygen atoms in total. The molecule has 1 aromatic heterocycles. The first-order chi connectivity index (χ1) is 6.06. The molecular formula is C11H16OS. The predicted molar refractivity (Wildman–Crippen MR) is 58.0 cm³/mol. The van der Waals surface area contributed by atoms with Crippen molar-refractivity contribution in [3.8, 4) is 0 Å². The lowest BCUT2D eigenvalue weighted by molar-refractivity contribution is 0.0833. The average molecular weight is 196 g/mol. The van der Waals surface area contributed by atoms with Gasteiger partial charge in [0.05, 0.1) is 6.10 Å². The molecule has 1 rings (SSSR count). The number of hydrogen-bond donors (Lipinski definition) is 1. The van der Waals surface area contributed by atoms with Crippen LogP contribution in [0.5, 0.6) is 0 Å². The minimum absolute atomic E-state index is 0.204. The van der Waals surface area contributed by atoms with Gasteiger partial charge in [-0.2, -0.15) is 0 Å². The summed E-state index contributed by atoms with van der Waals surface area (Å²) in [5.74, 6) is 0. The Labute approximate surface area is 83.7 Å². The molecule has 2 heteroatoms. The van der Waals surface area contributed by atoms with Gasteiger partial charge in [0.15, 0.2) is 0 Å². The van der Waals surface area contributed by atoms with Crippen LogP contribution in [0.2, 0.25) is 0 Å². The number of rotatable bonds is 4. The molecule has 72 valence electrons. The highest BCUT2D eigenvalue weighted by Gasteiger charge is 2.24. The molecule has 1 aromatic rings. The zero-order valence-electron chi connectivity index (χ0n) is 8.16. The van der Waals surface area contributed by atoms with Crippen molar-refractivity contribution in [2.45, 2.75) is 26.4 Å². The zero-order chi connectivity index (χ0) is 9.90. The molecule has 0 bridgehead atoms. The first-order valence-corrected chi connectivity index (χ1v) is 5.28. The lowest BCUT2D eigenvalue weighted by Gasteiger charge is -2.26. The van der Waals surface area contributed by atoms with Crippen molar-refractivity contribution >= 4 is 11.3 Å². The third-order valence-corrected chi connectivity index (χ3v) is 3.26. The molecule has 13 heavy (non-hydrogen) atoms. The Morgan fingerprint density at radius 1 is 1.69 bits per heavy atom. The minimum atomic E-state index is -0.344. The van der Waals surface area contributed by atoms with Crippen LogP contribution in [0, 0.1) is 5.41 Å². The normalized spacial score (nSPS) is 14.1. The van der Waals surface area contributed by atoms with E-state index in [9.17, 15) is 5.11 Å². The Balaban J connectivity index is 2.60. The van der Waals surface area contributed by atoms with E-state index < -0.39 is 0 Å². The van der Waals surface area contributed by atoms with Gasteiger partial charge in [-0.05, 0) is 11.4 Å². The van der Waals surface area contributed by atoms with Gasteiger partial charge in [-0.3, -0.25) is 0 Å². The van der Waals surface area contributed by atoms with Crippen LogP contribution in [0.3, 0.4) is 0 Å². The van der Waals surface area contributed by atoms with Crippen LogP contribution in [0.4, 0.5) is 0 Å². The van der Waals surface area contributed by atoms with Crippen molar-refractivity contribution in [2.24, 2.45) is 5.41 Å². The van der Waals surface area contributed by atoms with Crippen LogP contribution < -0.4 is 0 Å². The maximum absolute atomic E-state index is 9.88. The van der Waals surface area contributed by atoms with Crippen LogP contribution in [-0.2, 0) is 6.42 Å². The Morgan fingerprint density at radius 2 is 2.38 bits per heavy atom. The molecule has 0 aliphatic heterocycles. The highest BCUT2D eigenvalue weighted by Crippen LogP contribution is 2.25. The monoisotopic (exact) mass is 196 g/mol. The molecule has 0 aliphatic rings. The average Bonchev–Trinajstić information content (AvgIpc) is 2.57. The predicted octanol–water partition coefficient (Wildman–Crippen LogP) is 2.86. The molecule has 0 fully saturated rings. The van der Waals surface area contributed by atoms with Gasteiger partial charge in [-0.25, -0.2) is 0 Å². The molecular weight excluding hydrogens is 180 g/mol. The molecule has 1 N–H and O–H groups in total. The molecule has 0 spiro atoms. The second-order valence-corrected chi connectivity index (χ2v) is 4.86. The zero-order valence-corrected chi connectivity index (χ0v) is 8.97. The maximum atomic E-state index is 9.88.